The van der Waals surface area contributed by atoms with Crippen LogP contribution in [0.3, 0.4) is 0 Å². The first kappa shape index (κ1) is 15.1. The van der Waals surface area contributed by atoms with Crippen LogP contribution in [0.1, 0.15) is 36.4 Å². The normalized spacial score (nSPS) is 11.9. The Morgan fingerprint density at radius 1 is 1.44 bits per heavy atom. The quantitative estimate of drug-likeness (QED) is 0.836. The zero-order valence-electron chi connectivity index (χ0n) is 10.4. The molecule has 0 aliphatic heterocycles. The van der Waals surface area contributed by atoms with Gasteiger partial charge in [-0.1, -0.05) is 20.3 Å². The minimum Gasteiger partial charge on any atom is -0.477 e. The summed E-state index contributed by atoms with van der Waals surface area (Å²) in [5, 5.41) is 10.2. The summed E-state index contributed by atoms with van der Waals surface area (Å²) in [4.78, 5) is 10.9. The fourth-order valence-corrected chi connectivity index (χ4v) is 4.08. The molecule has 0 aliphatic rings. The van der Waals surface area contributed by atoms with Crippen LogP contribution in [0.5, 0.6) is 0 Å². The van der Waals surface area contributed by atoms with Gasteiger partial charge < -0.3 is 5.11 Å². The van der Waals surface area contributed by atoms with Crippen LogP contribution in [0.2, 0.25) is 0 Å². The van der Waals surface area contributed by atoms with Crippen molar-refractivity contribution in [3.63, 3.8) is 0 Å². The molecule has 0 atom stereocenters. The lowest BCUT2D eigenvalue weighted by Crippen LogP contribution is -2.31. The van der Waals surface area contributed by atoms with E-state index in [2.05, 4.69) is 0 Å². The van der Waals surface area contributed by atoms with Crippen LogP contribution in [-0.4, -0.2) is 36.9 Å². The molecule has 5 nitrogen and oxygen atoms in total. The summed E-state index contributed by atoms with van der Waals surface area (Å²) in [5.74, 6) is -1.10. The molecule has 0 aromatic carbocycles. The van der Waals surface area contributed by atoms with Gasteiger partial charge in [0.05, 0.1) is 4.90 Å². The molecule has 0 fully saturated rings. The SMILES string of the molecule is CCCCN(CC)S(=O)(=O)c1csc(C(=O)O)c1. The third-order valence-electron chi connectivity index (χ3n) is 2.54. The molecule has 0 radical (unpaired) electrons. The van der Waals surface area contributed by atoms with Crippen LogP contribution in [0, 0.1) is 0 Å². The fourth-order valence-electron chi connectivity index (χ4n) is 1.50. The largest absolute Gasteiger partial charge is 0.477 e. The van der Waals surface area contributed by atoms with Crippen LogP contribution < -0.4 is 0 Å². The summed E-state index contributed by atoms with van der Waals surface area (Å²) in [6, 6.07) is 1.22. The van der Waals surface area contributed by atoms with E-state index in [4.69, 9.17) is 5.11 Å². The topological polar surface area (TPSA) is 74.7 Å². The molecular weight excluding hydrogens is 274 g/mol. The first-order valence-electron chi connectivity index (χ1n) is 5.75. The molecule has 7 heteroatoms. The number of aromatic carboxylic acids is 1. The molecule has 1 aromatic rings. The van der Waals surface area contributed by atoms with Gasteiger partial charge >= 0.3 is 5.97 Å². The molecule has 1 aromatic heterocycles. The minimum atomic E-state index is -3.56. The molecule has 0 saturated heterocycles. The first-order valence-corrected chi connectivity index (χ1v) is 8.07. The summed E-state index contributed by atoms with van der Waals surface area (Å²) in [6.07, 6.45) is 1.71. The van der Waals surface area contributed by atoms with Crippen LogP contribution in [-0.2, 0) is 10.0 Å². The van der Waals surface area contributed by atoms with E-state index in [1.807, 2.05) is 6.92 Å². The Hall–Kier alpha value is -0.920. The van der Waals surface area contributed by atoms with Gasteiger partial charge in [0.15, 0.2) is 0 Å². The molecule has 102 valence electrons. The summed E-state index contributed by atoms with van der Waals surface area (Å²) < 4.78 is 25.9. The lowest BCUT2D eigenvalue weighted by Gasteiger charge is -2.19. The lowest BCUT2D eigenvalue weighted by atomic mass is 10.3. The number of nitrogens with zero attached hydrogens (tertiary/aromatic N) is 1. The van der Waals surface area contributed by atoms with Crippen molar-refractivity contribution in [2.75, 3.05) is 13.1 Å². The summed E-state index contributed by atoms with van der Waals surface area (Å²) in [7, 11) is -3.56. The number of rotatable bonds is 7. The van der Waals surface area contributed by atoms with Crippen molar-refractivity contribution < 1.29 is 18.3 Å². The van der Waals surface area contributed by atoms with Gasteiger partial charge in [0.25, 0.3) is 0 Å². The molecule has 0 aliphatic carbocycles. The Morgan fingerprint density at radius 3 is 2.56 bits per heavy atom. The van der Waals surface area contributed by atoms with Crippen molar-refractivity contribution >= 4 is 27.3 Å². The Labute approximate surface area is 111 Å². The number of hydrogen-bond acceptors (Lipinski definition) is 4. The van der Waals surface area contributed by atoms with Gasteiger partial charge in [0.2, 0.25) is 10.0 Å². The molecule has 1 heterocycles. The van der Waals surface area contributed by atoms with E-state index in [0.717, 1.165) is 24.2 Å². The molecule has 0 saturated carbocycles. The van der Waals surface area contributed by atoms with Crippen molar-refractivity contribution in [2.24, 2.45) is 0 Å². The predicted octanol–water partition coefficient (Wildman–Crippen LogP) is 2.26. The van der Waals surface area contributed by atoms with E-state index in [1.165, 1.54) is 15.8 Å². The smallest absolute Gasteiger partial charge is 0.345 e. The fraction of sp³-hybridized carbons (Fsp3) is 0.545. The number of carboxylic acids is 1. The number of carbonyl (C=O) groups is 1. The molecule has 0 unspecified atom stereocenters. The van der Waals surface area contributed by atoms with Gasteiger partial charge in [0.1, 0.15) is 4.88 Å². The molecular formula is C11H17NO4S2. The van der Waals surface area contributed by atoms with Crippen LogP contribution in [0.25, 0.3) is 0 Å². The second kappa shape index (κ2) is 6.31. The first-order chi connectivity index (χ1) is 8.43. The third-order valence-corrected chi connectivity index (χ3v) is 5.56. The number of sulfonamides is 1. The van der Waals surface area contributed by atoms with Gasteiger partial charge in [-0.15, -0.1) is 11.3 Å². The molecule has 1 rings (SSSR count). The minimum absolute atomic E-state index is 0.0418. The Bertz CT molecular complexity index is 507. The van der Waals surface area contributed by atoms with Gasteiger partial charge in [-0.2, -0.15) is 4.31 Å². The van der Waals surface area contributed by atoms with Gasteiger partial charge in [-0.05, 0) is 12.5 Å². The van der Waals surface area contributed by atoms with Crippen LogP contribution >= 0.6 is 11.3 Å². The summed E-state index contributed by atoms with van der Waals surface area (Å²) in [5.41, 5.74) is 0. The van der Waals surface area contributed by atoms with Crippen molar-refractivity contribution in [3.8, 4) is 0 Å². The van der Waals surface area contributed by atoms with Gasteiger partial charge in [-0.3, -0.25) is 0 Å². The average Bonchev–Trinajstić information content (AvgIpc) is 2.79. The standard InChI is InChI=1S/C11H17NO4S2/c1-3-5-6-12(4-2)18(15,16)9-7-10(11(13)14)17-8-9/h7-8H,3-6H2,1-2H3,(H,13,14). The average molecular weight is 291 g/mol. The maximum Gasteiger partial charge on any atom is 0.345 e. The highest BCUT2D eigenvalue weighted by atomic mass is 32.2. The molecule has 0 amide bonds. The van der Waals surface area contributed by atoms with Gasteiger partial charge in [-0.25, -0.2) is 13.2 Å². The van der Waals surface area contributed by atoms with Crippen molar-refractivity contribution in [1.82, 2.24) is 4.31 Å². The van der Waals surface area contributed by atoms with Gasteiger partial charge in [0, 0.05) is 18.5 Å². The Morgan fingerprint density at radius 2 is 2.11 bits per heavy atom. The van der Waals surface area contributed by atoms with Crippen LogP contribution in [0.15, 0.2) is 16.3 Å². The maximum atomic E-state index is 12.2. The highest BCUT2D eigenvalue weighted by Crippen LogP contribution is 2.22. The van der Waals surface area contributed by atoms with Crippen molar-refractivity contribution in [1.29, 1.82) is 0 Å². The zero-order valence-corrected chi connectivity index (χ0v) is 12.1. The molecule has 0 spiro atoms. The second-order valence-electron chi connectivity index (χ2n) is 3.80. The lowest BCUT2D eigenvalue weighted by molar-refractivity contribution is 0.0702. The molecule has 1 N–H and O–H groups in total. The highest BCUT2D eigenvalue weighted by molar-refractivity contribution is 7.89. The number of thiophene rings is 1. The number of unbranched alkanes of at least 4 members (excludes halogenated alkanes) is 1. The maximum absolute atomic E-state index is 12.2. The van der Waals surface area contributed by atoms with Crippen molar-refractivity contribution in [3.05, 3.63) is 16.3 Å². The Kier molecular flexibility index (Phi) is 5.30. The van der Waals surface area contributed by atoms with E-state index in [0.29, 0.717) is 13.1 Å². The van der Waals surface area contributed by atoms with Crippen LogP contribution in [0.4, 0.5) is 0 Å². The monoisotopic (exact) mass is 291 g/mol. The molecule has 0 bridgehead atoms. The van der Waals surface area contributed by atoms with E-state index < -0.39 is 16.0 Å². The van der Waals surface area contributed by atoms with Crippen molar-refractivity contribution in [2.45, 2.75) is 31.6 Å². The number of hydrogen-bond donors (Lipinski definition) is 1. The van der Waals surface area contributed by atoms with E-state index >= 15 is 0 Å². The Balaban J connectivity index is 2.99. The van der Waals surface area contributed by atoms with E-state index in [-0.39, 0.29) is 9.77 Å². The second-order valence-corrected chi connectivity index (χ2v) is 6.65. The highest BCUT2D eigenvalue weighted by Gasteiger charge is 2.24. The predicted molar refractivity (Wildman–Crippen MR) is 70.6 cm³/mol. The number of carboxylic acid groups (broad SMARTS) is 1. The summed E-state index contributed by atoms with van der Waals surface area (Å²) >= 11 is 0.931. The molecule has 18 heavy (non-hydrogen) atoms. The zero-order chi connectivity index (χ0) is 13.8. The van der Waals surface area contributed by atoms with E-state index in [1.54, 1.807) is 6.92 Å². The third kappa shape index (κ3) is 3.30. The summed E-state index contributed by atoms with van der Waals surface area (Å²) in [6.45, 7) is 4.62. The van der Waals surface area contributed by atoms with E-state index in [9.17, 15) is 13.2 Å².